The first-order chi connectivity index (χ1) is 11.5. The Morgan fingerprint density at radius 2 is 1.32 bits per heavy atom. The van der Waals surface area contributed by atoms with Crippen molar-refractivity contribution < 1.29 is 19.1 Å². The number of ether oxygens (including phenoxy) is 2. The van der Waals surface area contributed by atoms with E-state index >= 15 is 0 Å². The third kappa shape index (κ3) is 6.96. The van der Waals surface area contributed by atoms with Crippen molar-refractivity contribution in [1.29, 1.82) is 0 Å². The lowest BCUT2D eigenvalue weighted by Gasteiger charge is -2.26. The standard InChI is InChI=1S/C20H29IO4/c1-7-11-19(3,4)24-17(22)15-10-9-14(21)13-16(15)18(23)25-20(5,6)12-8-2/h9-10,13H,7-8,11-12H2,1-6H3. The molecule has 1 aromatic carbocycles. The van der Waals surface area contributed by atoms with E-state index in [-0.39, 0.29) is 11.1 Å². The molecule has 0 saturated carbocycles. The van der Waals surface area contributed by atoms with Crippen molar-refractivity contribution >= 4 is 34.5 Å². The van der Waals surface area contributed by atoms with Crippen LogP contribution >= 0.6 is 22.6 Å². The zero-order chi connectivity index (χ0) is 19.3. The van der Waals surface area contributed by atoms with Gasteiger partial charge in [-0.05, 0) is 81.3 Å². The maximum Gasteiger partial charge on any atom is 0.339 e. The number of benzene rings is 1. The van der Waals surface area contributed by atoms with E-state index in [2.05, 4.69) is 22.6 Å². The zero-order valence-corrected chi connectivity index (χ0v) is 18.2. The SMILES string of the molecule is CCCC(C)(C)OC(=O)c1ccc(I)cc1C(=O)OC(C)(C)CCC. The summed E-state index contributed by atoms with van der Waals surface area (Å²) in [4.78, 5) is 25.3. The average molecular weight is 460 g/mol. The smallest absolute Gasteiger partial charge is 0.339 e. The minimum atomic E-state index is -0.574. The molecule has 0 aliphatic heterocycles. The van der Waals surface area contributed by atoms with Gasteiger partial charge in [0.15, 0.2) is 0 Å². The van der Waals surface area contributed by atoms with Gasteiger partial charge in [0.1, 0.15) is 11.2 Å². The van der Waals surface area contributed by atoms with Crippen LogP contribution in [0, 0.1) is 3.57 Å². The van der Waals surface area contributed by atoms with Gasteiger partial charge in [-0.25, -0.2) is 9.59 Å². The van der Waals surface area contributed by atoms with Crippen LogP contribution in [0.25, 0.3) is 0 Å². The fourth-order valence-electron chi connectivity index (χ4n) is 2.78. The predicted octanol–water partition coefficient (Wildman–Crippen LogP) is 5.76. The maximum absolute atomic E-state index is 12.7. The van der Waals surface area contributed by atoms with Gasteiger partial charge >= 0.3 is 11.9 Å². The monoisotopic (exact) mass is 460 g/mol. The normalized spacial score (nSPS) is 12.0. The van der Waals surface area contributed by atoms with Gasteiger partial charge in [-0.1, -0.05) is 26.7 Å². The highest BCUT2D eigenvalue weighted by atomic mass is 127. The first-order valence-corrected chi connectivity index (χ1v) is 9.85. The summed E-state index contributed by atoms with van der Waals surface area (Å²) in [6.45, 7) is 11.6. The lowest BCUT2D eigenvalue weighted by molar-refractivity contribution is -0.00955. The summed E-state index contributed by atoms with van der Waals surface area (Å²) in [5.41, 5.74) is -0.636. The van der Waals surface area contributed by atoms with Crippen LogP contribution < -0.4 is 0 Å². The number of hydrogen-bond donors (Lipinski definition) is 0. The van der Waals surface area contributed by atoms with Crippen LogP contribution in [0.1, 0.15) is 87.9 Å². The predicted molar refractivity (Wildman–Crippen MR) is 108 cm³/mol. The largest absolute Gasteiger partial charge is 0.456 e. The Morgan fingerprint density at radius 1 is 0.880 bits per heavy atom. The molecule has 0 fully saturated rings. The van der Waals surface area contributed by atoms with Crippen molar-refractivity contribution in [3.05, 3.63) is 32.9 Å². The summed E-state index contributed by atoms with van der Waals surface area (Å²) in [6, 6.07) is 5.10. The van der Waals surface area contributed by atoms with Crippen LogP contribution in [0.5, 0.6) is 0 Å². The van der Waals surface area contributed by atoms with Crippen molar-refractivity contribution in [3.63, 3.8) is 0 Å². The summed E-state index contributed by atoms with van der Waals surface area (Å²) in [5, 5.41) is 0. The molecule has 140 valence electrons. The lowest BCUT2D eigenvalue weighted by Crippen LogP contribution is -2.31. The highest BCUT2D eigenvalue weighted by molar-refractivity contribution is 14.1. The first kappa shape index (κ1) is 21.9. The third-order valence-corrected chi connectivity index (χ3v) is 4.53. The molecule has 4 nitrogen and oxygen atoms in total. The molecule has 0 radical (unpaired) electrons. The van der Waals surface area contributed by atoms with E-state index in [9.17, 15) is 9.59 Å². The maximum atomic E-state index is 12.7. The second kappa shape index (κ2) is 9.01. The topological polar surface area (TPSA) is 52.6 Å². The number of halogens is 1. The Morgan fingerprint density at radius 3 is 1.76 bits per heavy atom. The average Bonchev–Trinajstić information content (AvgIpc) is 2.45. The van der Waals surface area contributed by atoms with Crippen molar-refractivity contribution in [1.82, 2.24) is 0 Å². The van der Waals surface area contributed by atoms with Crippen LogP contribution in [-0.2, 0) is 9.47 Å². The van der Waals surface area contributed by atoms with E-state index in [4.69, 9.17) is 9.47 Å². The van der Waals surface area contributed by atoms with Crippen LogP contribution in [0.3, 0.4) is 0 Å². The van der Waals surface area contributed by atoms with Crippen molar-refractivity contribution in [2.75, 3.05) is 0 Å². The van der Waals surface area contributed by atoms with E-state index < -0.39 is 23.1 Å². The van der Waals surface area contributed by atoms with Gasteiger partial charge in [0, 0.05) is 3.57 Å². The van der Waals surface area contributed by atoms with Crippen LogP contribution in [0.15, 0.2) is 18.2 Å². The van der Waals surface area contributed by atoms with Crippen molar-refractivity contribution in [2.24, 2.45) is 0 Å². The number of carbonyl (C=O) groups is 2. The Bertz CT molecular complexity index is 620. The van der Waals surface area contributed by atoms with E-state index in [1.165, 1.54) is 0 Å². The molecule has 0 amide bonds. The molecule has 0 saturated heterocycles. The van der Waals surface area contributed by atoms with Gasteiger partial charge in [-0.3, -0.25) is 0 Å². The minimum absolute atomic E-state index is 0.252. The van der Waals surface area contributed by atoms with Crippen LogP contribution in [0.4, 0.5) is 0 Å². The summed E-state index contributed by atoms with van der Waals surface area (Å²) in [7, 11) is 0. The Hall–Kier alpha value is -1.11. The molecule has 25 heavy (non-hydrogen) atoms. The Balaban J connectivity index is 3.10. The molecular formula is C20H29IO4. The number of hydrogen-bond acceptors (Lipinski definition) is 4. The van der Waals surface area contributed by atoms with E-state index in [1.54, 1.807) is 18.2 Å². The Labute approximate surface area is 164 Å². The van der Waals surface area contributed by atoms with Gasteiger partial charge in [-0.2, -0.15) is 0 Å². The zero-order valence-electron chi connectivity index (χ0n) is 16.1. The summed E-state index contributed by atoms with van der Waals surface area (Å²) < 4.78 is 12.1. The van der Waals surface area contributed by atoms with Gasteiger partial charge < -0.3 is 9.47 Å². The second-order valence-electron chi connectivity index (χ2n) is 7.49. The molecule has 5 heteroatoms. The highest BCUT2D eigenvalue weighted by Gasteiger charge is 2.29. The molecular weight excluding hydrogens is 431 g/mol. The molecule has 0 bridgehead atoms. The van der Waals surface area contributed by atoms with Gasteiger partial charge in [-0.15, -0.1) is 0 Å². The molecule has 1 aromatic rings. The number of carbonyl (C=O) groups excluding carboxylic acids is 2. The summed E-state index contributed by atoms with van der Waals surface area (Å²) in [6.07, 6.45) is 3.33. The minimum Gasteiger partial charge on any atom is -0.456 e. The van der Waals surface area contributed by atoms with Crippen molar-refractivity contribution in [2.45, 2.75) is 78.4 Å². The highest BCUT2D eigenvalue weighted by Crippen LogP contribution is 2.24. The summed E-state index contributed by atoms with van der Waals surface area (Å²) >= 11 is 2.11. The molecule has 1 rings (SSSR count). The lowest BCUT2D eigenvalue weighted by atomic mass is 10.0. The number of rotatable bonds is 8. The molecule has 0 N–H and O–H groups in total. The molecule has 0 aromatic heterocycles. The number of esters is 2. The van der Waals surface area contributed by atoms with Crippen LogP contribution in [-0.4, -0.2) is 23.1 Å². The quantitative estimate of drug-likeness (QED) is 0.366. The molecule has 0 aliphatic carbocycles. The van der Waals surface area contributed by atoms with Gasteiger partial charge in [0.25, 0.3) is 0 Å². The molecule has 0 heterocycles. The van der Waals surface area contributed by atoms with E-state index in [1.807, 2.05) is 41.5 Å². The molecule has 0 spiro atoms. The molecule has 0 aliphatic rings. The molecule has 0 unspecified atom stereocenters. The fraction of sp³-hybridized carbons (Fsp3) is 0.600. The molecule has 0 atom stereocenters. The summed E-state index contributed by atoms with van der Waals surface area (Å²) in [5.74, 6) is -0.979. The first-order valence-electron chi connectivity index (χ1n) is 8.77. The van der Waals surface area contributed by atoms with E-state index in [0.29, 0.717) is 0 Å². The Kier molecular flexibility index (Phi) is 7.90. The van der Waals surface area contributed by atoms with Crippen LogP contribution in [0.2, 0.25) is 0 Å². The van der Waals surface area contributed by atoms with Crippen molar-refractivity contribution in [3.8, 4) is 0 Å². The van der Waals surface area contributed by atoms with Gasteiger partial charge in [0.2, 0.25) is 0 Å². The third-order valence-electron chi connectivity index (χ3n) is 3.86. The van der Waals surface area contributed by atoms with Gasteiger partial charge in [0.05, 0.1) is 11.1 Å². The second-order valence-corrected chi connectivity index (χ2v) is 8.73. The van der Waals surface area contributed by atoms with E-state index in [0.717, 1.165) is 29.3 Å². The fourth-order valence-corrected chi connectivity index (χ4v) is 3.27.